The minimum Gasteiger partial charge on any atom is -0.503 e. The molecule has 1 unspecified atom stereocenters. The van der Waals surface area contributed by atoms with Gasteiger partial charge in [-0.2, -0.15) is 0 Å². The lowest BCUT2D eigenvalue weighted by molar-refractivity contribution is -0.139. The number of amides is 2. The van der Waals surface area contributed by atoms with Crippen molar-refractivity contribution in [1.29, 1.82) is 0 Å². The molecular formula is C17H21ClN2O5. The van der Waals surface area contributed by atoms with Gasteiger partial charge in [-0.25, -0.2) is 9.59 Å². The molecule has 0 saturated carbocycles. The van der Waals surface area contributed by atoms with Gasteiger partial charge in [0.2, 0.25) is 0 Å². The van der Waals surface area contributed by atoms with E-state index < -0.39 is 18.0 Å². The molecule has 136 valence electrons. The largest absolute Gasteiger partial charge is 0.503 e. The second-order valence-electron chi connectivity index (χ2n) is 5.61. The Balaban J connectivity index is 2.42. The van der Waals surface area contributed by atoms with E-state index in [1.807, 2.05) is 6.92 Å². The summed E-state index contributed by atoms with van der Waals surface area (Å²) in [7, 11) is 1.39. The third kappa shape index (κ3) is 4.17. The molecule has 1 aromatic rings. The van der Waals surface area contributed by atoms with Crippen LogP contribution < -0.4 is 15.4 Å². The summed E-state index contributed by atoms with van der Waals surface area (Å²) in [5.74, 6) is -0.584. The van der Waals surface area contributed by atoms with Crippen LogP contribution >= 0.6 is 11.6 Å². The minimum atomic E-state index is -0.769. The summed E-state index contributed by atoms with van der Waals surface area (Å²) < 4.78 is 10.4. The number of rotatable bonds is 6. The van der Waals surface area contributed by atoms with E-state index in [2.05, 4.69) is 10.6 Å². The van der Waals surface area contributed by atoms with E-state index in [9.17, 15) is 14.7 Å². The fourth-order valence-corrected chi connectivity index (χ4v) is 2.74. The number of carbonyl (C=O) groups excluding carboxylic acids is 2. The van der Waals surface area contributed by atoms with Crippen molar-refractivity contribution in [2.24, 2.45) is 0 Å². The number of urea groups is 1. The maximum atomic E-state index is 12.5. The average Bonchev–Trinajstić information content (AvgIpc) is 2.56. The highest BCUT2D eigenvalue weighted by Crippen LogP contribution is 2.39. The van der Waals surface area contributed by atoms with Crippen LogP contribution in [0, 0.1) is 0 Å². The van der Waals surface area contributed by atoms with E-state index in [0.29, 0.717) is 17.9 Å². The third-order valence-corrected chi connectivity index (χ3v) is 4.11. The number of hydrogen-bond acceptors (Lipinski definition) is 5. The van der Waals surface area contributed by atoms with E-state index in [1.165, 1.54) is 19.2 Å². The zero-order chi connectivity index (χ0) is 18.6. The van der Waals surface area contributed by atoms with E-state index >= 15 is 0 Å². The van der Waals surface area contributed by atoms with Crippen LogP contribution in [0.3, 0.4) is 0 Å². The lowest BCUT2D eigenvalue weighted by Crippen LogP contribution is -2.45. The van der Waals surface area contributed by atoms with E-state index in [4.69, 9.17) is 21.1 Å². The molecule has 0 radical (unpaired) electrons. The highest BCUT2D eigenvalue weighted by molar-refractivity contribution is 6.32. The van der Waals surface area contributed by atoms with Gasteiger partial charge in [-0.3, -0.25) is 0 Å². The fourth-order valence-electron chi connectivity index (χ4n) is 2.52. The van der Waals surface area contributed by atoms with Gasteiger partial charge in [-0.05, 0) is 31.0 Å². The Morgan fingerprint density at radius 3 is 2.76 bits per heavy atom. The zero-order valence-electron chi connectivity index (χ0n) is 14.3. The number of hydrogen-bond donors (Lipinski definition) is 3. The van der Waals surface area contributed by atoms with Crippen molar-refractivity contribution < 1.29 is 24.2 Å². The second-order valence-corrected chi connectivity index (χ2v) is 6.02. The van der Waals surface area contributed by atoms with Gasteiger partial charge in [0.25, 0.3) is 0 Å². The van der Waals surface area contributed by atoms with E-state index in [0.717, 1.165) is 12.8 Å². The molecule has 1 aliphatic heterocycles. The first-order valence-corrected chi connectivity index (χ1v) is 8.28. The number of halogens is 1. The Hall–Kier alpha value is -2.41. The summed E-state index contributed by atoms with van der Waals surface area (Å²) in [4.78, 5) is 24.4. The van der Waals surface area contributed by atoms with Crippen LogP contribution in [0.15, 0.2) is 23.4 Å². The molecule has 2 rings (SSSR count). The number of phenolic OH excluding ortho intramolecular Hbond substituents is 1. The molecule has 0 saturated heterocycles. The quantitative estimate of drug-likeness (QED) is 0.529. The SMILES string of the molecule is CCCCOC(=O)C1=C(C)NC(=O)NC1c1cc(Cl)c(O)c(OC)c1. The molecule has 1 atom stereocenters. The van der Waals surface area contributed by atoms with Crippen molar-refractivity contribution in [2.75, 3.05) is 13.7 Å². The lowest BCUT2D eigenvalue weighted by Gasteiger charge is -2.28. The number of carbonyl (C=O) groups is 2. The minimum absolute atomic E-state index is 0.0542. The number of esters is 1. The predicted molar refractivity (Wildman–Crippen MR) is 92.6 cm³/mol. The average molecular weight is 369 g/mol. The highest BCUT2D eigenvalue weighted by atomic mass is 35.5. The van der Waals surface area contributed by atoms with Gasteiger partial charge >= 0.3 is 12.0 Å². The Bertz CT molecular complexity index is 717. The molecular weight excluding hydrogens is 348 g/mol. The van der Waals surface area contributed by atoms with Crippen LogP contribution in [0.2, 0.25) is 5.02 Å². The smallest absolute Gasteiger partial charge is 0.338 e. The topological polar surface area (TPSA) is 96.9 Å². The van der Waals surface area contributed by atoms with Crippen molar-refractivity contribution in [3.63, 3.8) is 0 Å². The summed E-state index contributed by atoms with van der Waals surface area (Å²) >= 11 is 6.03. The number of unbranched alkanes of at least 4 members (excludes halogenated alkanes) is 1. The Morgan fingerprint density at radius 1 is 1.40 bits per heavy atom. The summed E-state index contributed by atoms with van der Waals surface area (Å²) in [5.41, 5.74) is 1.18. The van der Waals surface area contributed by atoms with Crippen molar-refractivity contribution in [1.82, 2.24) is 10.6 Å². The van der Waals surface area contributed by atoms with Gasteiger partial charge in [-0.1, -0.05) is 24.9 Å². The van der Waals surface area contributed by atoms with E-state index in [1.54, 1.807) is 6.92 Å². The van der Waals surface area contributed by atoms with Gasteiger partial charge in [0.1, 0.15) is 0 Å². The van der Waals surface area contributed by atoms with Crippen LogP contribution in [-0.2, 0) is 9.53 Å². The molecule has 0 aromatic heterocycles. The molecule has 0 bridgehead atoms. The Kier molecular flexibility index (Phi) is 6.14. The van der Waals surface area contributed by atoms with Crippen molar-refractivity contribution in [3.05, 3.63) is 34.0 Å². The molecule has 2 amide bonds. The number of benzene rings is 1. The monoisotopic (exact) mass is 368 g/mol. The number of ether oxygens (including phenoxy) is 2. The summed E-state index contributed by atoms with van der Waals surface area (Å²) in [6.45, 7) is 3.92. The number of aromatic hydroxyl groups is 1. The maximum Gasteiger partial charge on any atom is 0.338 e. The van der Waals surface area contributed by atoms with Gasteiger partial charge in [0.05, 0.1) is 30.4 Å². The Labute approximate surface area is 150 Å². The molecule has 3 N–H and O–H groups in total. The molecule has 8 heteroatoms. The summed E-state index contributed by atoms with van der Waals surface area (Å²) in [6, 6.07) is 1.78. The first kappa shape index (κ1) is 18.9. The van der Waals surface area contributed by atoms with Crippen molar-refractivity contribution >= 4 is 23.6 Å². The standard InChI is InChI=1S/C17H21ClN2O5/c1-4-5-6-25-16(22)13-9(2)19-17(23)20-14(13)10-7-11(18)15(21)12(8-10)24-3/h7-8,14,21H,4-6H2,1-3H3,(H2,19,20,23). The third-order valence-electron chi connectivity index (χ3n) is 3.82. The second kappa shape index (κ2) is 8.11. The molecule has 25 heavy (non-hydrogen) atoms. The fraction of sp³-hybridized carbons (Fsp3) is 0.412. The first-order valence-electron chi connectivity index (χ1n) is 7.90. The molecule has 1 aromatic carbocycles. The molecule has 1 aliphatic rings. The lowest BCUT2D eigenvalue weighted by atomic mass is 9.95. The zero-order valence-corrected chi connectivity index (χ0v) is 15.1. The number of methoxy groups -OCH3 is 1. The van der Waals surface area contributed by atoms with Crippen LogP contribution in [0.25, 0.3) is 0 Å². The van der Waals surface area contributed by atoms with E-state index in [-0.39, 0.29) is 22.1 Å². The molecule has 0 aliphatic carbocycles. The maximum absolute atomic E-state index is 12.5. The van der Waals surface area contributed by atoms with Gasteiger partial charge < -0.3 is 25.2 Å². The summed E-state index contributed by atoms with van der Waals surface area (Å²) in [5, 5.41) is 15.2. The van der Waals surface area contributed by atoms with Gasteiger partial charge in [0.15, 0.2) is 11.5 Å². The highest BCUT2D eigenvalue weighted by Gasteiger charge is 2.33. The number of allylic oxidation sites excluding steroid dienone is 1. The normalized spacial score (nSPS) is 17.0. The number of nitrogens with one attached hydrogen (secondary N) is 2. The van der Waals surface area contributed by atoms with Gasteiger partial charge in [-0.15, -0.1) is 0 Å². The molecule has 1 heterocycles. The Morgan fingerprint density at radius 2 is 2.12 bits per heavy atom. The van der Waals surface area contributed by atoms with Crippen LogP contribution in [0.1, 0.15) is 38.3 Å². The van der Waals surface area contributed by atoms with Crippen LogP contribution in [0.5, 0.6) is 11.5 Å². The molecule has 7 nitrogen and oxygen atoms in total. The van der Waals surface area contributed by atoms with Crippen LogP contribution in [-0.4, -0.2) is 30.8 Å². The molecule has 0 spiro atoms. The van der Waals surface area contributed by atoms with Crippen LogP contribution in [0.4, 0.5) is 4.79 Å². The summed E-state index contributed by atoms with van der Waals surface area (Å²) in [6.07, 6.45) is 1.65. The van der Waals surface area contributed by atoms with Crippen molar-refractivity contribution in [3.8, 4) is 11.5 Å². The number of phenols is 1. The van der Waals surface area contributed by atoms with Crippen molar-refractivity contribution in [2.45, 2.75) is 32.7 Å². The predicted octanol–water partition coefficient (Wildman–Crippen LogP) is 3.03. The van der Waals surface area contributed by atoms with Gasteiger partial charge in [0, 0.05) is 5.70 Å². The molecule has 0 fully saturated rings. The first-order chi connectivity index (χ1) is 11.9.